The van der Waals surface area contributed by atoms with Gasteiger partial charge in [-0.2, -0.15) is 0 Å². The van der Waals surface area contributed by atoms with Crippen LogP contribution in [0.2, 0.25) is 0 Å². The second-order valence-corrected chi connectivity index (χ2v) is 5.16. The first-order valence-corrected chi connectivity index (χ1v) is 6.50. The van der Waals surface area contributed by atoms with Crippen molar-refractivity contribution in [1.82, 2.24) is 0 Å². The molecule has 0 aliphatic heterocycles. The molecular formula is C17H22ClN. The van der Waals surface area contributed by atoms with Crippen LogP contribution < -0.4 is 5.73 Å². The predicted molar refractivity (Wildman–Crippen MR) is 85.0 cm³/mol. The number of aryl methyl sites for hydroxylation is 1. The van der Waals surface area contributed by atoms with Gasteiger partial charge in [0.2, 0.25) is 0 Å². The fraction of sp³-hybridized carbons (Fsp3) is 0.294. The standard InChI is InChI=1S/C17H21N.ClH/c1-12(2)14-8-10-15(11-9-14)17(18)16-7-5-4-6-13(16)3;/h4-12,17H,18H2,1-3H3;1H. The van der Waals surface area contributed by atoms with E-state index < -0.39 is 0 Å². The molecule has 0 fully saturated rings. The van der Waals surface area contributed by atoms with Gasteiger partial charge in [-0.3, -0.25) is 0 Å². The Morgan fingerprint density at radius 2 is 1.37 bits per heavy atom. The third kappa shape index (κ3) is 3.59. The van der Waals surface area contributed by atoms with Gasteiger partial charge in [-0.1, -0.05) is 62.4 Å². The van der Waals surface area contributed by atoms with Crippen molar-refractivity contribution in [3.8, 4) is 0 Å². The summed E-state index contributed by atoms with van der Waals surface area (Å²) < 4.78 is 0. The van der Waals surface area contributed by atoms with Crippen LogP contribution in [0.25, 0.3) is 0 Å². The lowest BCUT2D eigenvalue weighted by atomic mass is 9.94. The maximum absolute atomic E-state index is 6.34. The quantitative estimate of drug-likeness (QED) is 0.871. The van der Waals surface area contributed by atoms with Crippen molar-refractivity contribution < 1.29 is 0 Å². The topological polar surface area (TPSA) is 26.0 Å². The molecule has 1 atom stereocenters. The molecule has 2 aromatic rings. The van der Waals surface area contributed by atoms with Gasteiger partial charge < -0.3 is 5.73 Å². The summed E-state index contributed by atoms with van der Waals surface area (Å²) in [5.41, 5.74) is 11.3. The number of hydrogen-bond acceptors (Lipinski definition) is 1. The first kappa shape index (κ1) is 15.7. The molecule has 0 radical (unpaired) electrons. The van der Waals surface area contributed by atoms with Gasteiger partial charge in [0.25, 0.3) is 0 Å². The monoisotopic (exact) mass is 275 g/mol. The van der Waals surface area contributed by atoms with Crippen LogP contribution in [0.4, 0.5) is 0 Å². The summed E-state index contributed by atoms with van der Waals surface area (Å²) >= 11 is 0. The molecule has 0 aliphatic rings. The second-order valence-electron chi connectivity index (χ2n) is 5.16. The number of benzene rings is 2. The lowest BCUT2D eigenvalue weighted by molar-refractivity contribution is 0.843. The molecule has 2 heteroatoms. The molecule has 0 spiro atoms. The van der Waals surface area contributed by atoms with E-state index in [-0.39, 0.29) is 18.4 Å². The zero-order valence-corrected chi connectivity index (χ0v) is 12.6. The van der Waals surface area contributed by atoms with Gasteiger partial charge in [-0.05, 0) is 35.1 Å². The summed E-state index contributed by atoms with van der Waals surface area (Å²) in [5, 5.41) is 0. The van der Waals surface area contributed by atoms with Crippen molar-refractivity contribution in [3.63, 3.8) is 0 Å². The minimum absolute atomic E-state index is 0. The van der Waals surface area contributed by atoms with E-state index in [1.165, 1.54) is 22.3 Å². The summed E-state index contributed by atoms with van der Waals surface area (Å²) in [6.45, 7) is 6.52. The molecule has 0 bridgehead atoms. The molecule has 2 N–H and O–H groups in total. The van der Waals surface area contributed by atoms with E-state index in [2.05, 4.69) is 57.2 Å². The fourth-order valence-corrected chi connectivity index (χ4v) is 2.20. The Morgan fingerprint density at radius 3 is 1.89 bits per heavy atom. The van der Waals surface area contributed by atoms with E-state index in [4.69, 9.17) is 5.73 Å². The van der Waals surface area contributed by atoms with E-state index in [1.807, 2.05) is 12.1 Å². The van der Waals surface area contributed by atoms with Crippen LogP contribution in [0.1, 0.15) is 48.1 Å². The van der Waals surface area contributed by atoms with Crippen LogP contribution >= 0.6 is 12.4 Å². The smallest absolute Gasteiger partial charge is 0.0554 e. The predicted octanol–water partition coefficient (Wildman–Crippen LogP) is 4.59. The summed E-state index contributed by atoms with van der Waals surface area (Å²) in [6, 6.07) is 16.9. The van der Waals surface area contributed by atoms with Crippen molar-refractivity contribution in [3.05, 3.63) is 70.8 Å². The van der Waals surface area contributed by atoms with E-state index in [0.29, 0.717) is 5.92 Å². The van der Waals surface area contributed by atoms with Crippen molar-refractivity contribution >= 4 is 12.4 Å². The Morgan fingerprint density at radius 1 is 0.842 bits per heavy atom. The Balaban J connectivity index is 0.00000180. The first-order valence-electron chi connectivity index (χ1n) is 6.50. The maximum atomic E-state index is 6.34. The Kier molecular flexibility index (Phi) is 5.59. The van der Waals surface area contributed by atoms with Gasteiger partial charge >= 0.3 is 0 Å². The number of rotatable bonds is 3. The molecule has 0 saturated carbocycles. The van der Waals surface area contributed by atoms with Crippen LogP contribution in [0.15, 0.2) is 48.5 Å². The Labute approximate surface area is 122 Å². The van der Waals surface area contributed by atoms with Crippen LogP contribution in [0, 0.1) is 6.92 Å². The zero-order valence-electron chi connectivity index (χ0n) is 11.8. The van der Waals surface area contributed by atoms with Crippen molar-refractivity contribution in [2.24, 2.45) is 5.73 Å². The van der Waals surface area contributed by atoms with Crippen LogP contribution in [-0.4, -0.2) is 0 Å². The largest absolute Gasteiger partial charge is 0.320 e. The molecule has 0 saturated heterocycles. The van der Waals surface area contributed by atoms with Crippen molar-refractivity contribution in [2.75, 3.05) is 0 Å². The van der Waals surface area contributed by atoms with E-state index >= 15 is 0 Å². The van der Waals surface area contributed by atoms with Crippen LogP contribution in [0.5, 0.6) is 0 Å². The third-order valence-corrected chi connectivity index (χ3v) is 3.49. The van der Waals surface area contributed by atoms with Crippen molar-refractivity contribution in [2.45, 2.75) is 32.7 Å². The molecule has 2 aromatic carbocycles. The van der Waals surface area contributed by atoms with Gasteiger partial charge in [0.05, 0.1) is 6.04 Å². The van der Waals surface area contributed by atoms with Gasteiger partial charge in [-0.15, -0.1) is 12.4 Å². The molecule has 19 heavy (non-hydrogen) atoms. The lowest BCUT2D eigenvalue weighted by Crippen LogP contribution is -2.13. The molecule has 0 aromatic heterocycles. The molecule has 0 amide bonds. The Bertz CT molecular complexity index is 517. The zero-order chi connectivity index (χ0) is 13.1. The van der Waals surface area contributed by atoms with Crippen molar-refractivity contribution in [1.29, 1.82) is 0 Å². The summed E-state index contributed by atoms with van der Waals surface area (Å²) in [7, 11) is 0. The SMILES string of the molecule is Cc1ccccc1C(N)c1ccc(C(C)C)cc1.Cl. The van der Waals surface area contributed by atoms with Crippen LogP contribution in [-0.2, 0) is 0 Å². The van der Waals surface area contributed by atoms with E-state index in [0.717, 1.165) is 0 Å². The molecule has 0 aliphatic carbocycles. The molecule has 1 nitrogen and oxygen atoms in total. The van der Waals surface area contributed by atoms with Gasteiger partial charge in [0.1, 0.15) is 0 Å². The number of hydrogen-bond donors (Lipinski definition) is 1. The molecular weight excluding hydrogens is 254 g/mol. The highest BCUT2D eigenvalue weighted by atomic mass is 35.5. The first-order chi connectivity index (χ1) is 8.59. The molecule has 0 heterocycles. The summed E-state index contributed by atoms with van der Waals surface area (Å²) in [5.74, 6) is 0.564. The Hall–Kier alpha value is -1.31. The summed E-state index contributed by atoms with van der Waals surface area (Å²) in [4.78, 5) is 0. The van der Waals surface area contributed by atoms with E-state index in [9.17, 15) is 0 Å². The van der Waals surface area contributed by atoms with Crippen LogP contribution in [0.3, 0.4) is 0 Å². The average Bonchev–Trinajstić information content (AvgIpc) is 2.38. The summed E-state index contributed by atoms with van der Waals surface area (Å²) in [6.07, 6.45) is 0. The van der Waals surface area contributed by atoms with Gasteiger partial charge in [-0.25, -0.2) is 0 Å². The highest BCUT2D eigenvalue weighted by molar-refractivity contribution is 5.85. The number of nitrogens with two attached hydrogens (primary N) is 1. The average molecular weight is 276 g/mol. The highest BCUT2D eigenvalue weighted by Gasteiger charge is 2.11. The minimum Gasteiger partial charge on any atom is -0.320 e. The molecule has 2 rings (SSSR count). The fourth-order valence-electron chi connectivity index (χ4n) is 2.20. The maximum Gasteiger partial charge on any atom is 0.0554 e. The second kappa shape index (κ2) is 6.74. The molecule has 102 valence electrons. The normalized spacial score (nSPS) is 12.1. The lowest BCUT2D eigenvalue weighted by Gasteiger charge is -2.16. The minimum atomic E-state index is -0.0348. The van der Waals surface area contributed by atoms with Gasteiger partial charge in [0, 0.05) is 0 Å². The third-order valence-electron chi connectivity index (χ3n) is 3.49. The number of halogens is 1. The van der Waals surface area contributed by atoms with E-state index in [1.54, 1.807) is 0 Å². The molecule has 1 unspecified atom stereocenters. The highest BCUT2D eigenvalue weighted by Crippen LogP contribution is 2.24. The van der Waals surface area contributed by atoms with Gasteiger partial charge in [0.15, 0.2) is 0 Å².